The first-order valence-corrected chi connectivity index (χ1v) is 8.32. The molecule has 1 heterocycles. The molecule has 0 aliphatic heterocycles. The molecule has 0 saturated carbocycles. The number of carbonyl (C=O) groups is 1. The van der Waals surface area contributed by atoms with Crippen molar-refractivity contribution in [2.24, 2.45) is 0 Å². The van der Waals surface area contributed by atoms with Crippen LogP contribution in [0.2, 0.25) is 0 Å². The molecule has 4 nitrogen and oxygen atoms in total. The van der Waals surface area contributed by atoms with E-state index in [1.807, 2.05) is 60.7 Å². The largest absolute Gasteiger partial charge is 0.399 e. The lowest BCUT2D eigenvalue weighted by Gasteiger charge is -2.10. The molecule has 0 saturated heterocycles. The van der Waals surface area contributed by atoms with Gasteiger partial charge in [0.2, 0.25) is 0 Å². The van der Waals surface area contributed by atoms with Crippen molar-refractivity contribution in [3.8, 4) is 22.5 Å². The molecule has 4 aromatic rings. The van der Waals surface area contributed by atoms with E-state index in [4.69, 9.17) is 5.73 Å². The van der Waals surface area contributed by atoms with Crippen LogP contribution in [-0.4, -0.2) is 15.5 Å². The summed E-state index contributed by atoms with van der Waals surface area (Å²) in [5.74, 6) is -0.161. The number of carbonyl (C=O) groups excluding carboxylic acids is 1. The van der Waals surface area contributed by atoms with E-state index in [1.54, 1.807) is 35.2 Å². The molecule has 4 heteroatoms. The fraction of sp³-hybridized carbons (Fsp3) is 0. The summed E-state index contributed by atoms with van der Waals surface area (Å²) in [7, 11) is 0. The number of nitrogens with two attached hydrogens (primary N) is 1. The number of nitrogen functional groups attached to an aromatic ring is 1. The smallest absolute Gasteiger partial charge is 0.263 e. The van der Waals surface area contributed by atoms with E-state index in [-0.39, 0.29) is 5.91 Å². The Morgan fingerprint density at radius 1 is 0.808 bits per heavy atom. The summed E-state index contributed by atoms with van der Waals surface area (Å²) in [5.41, 5.74) is 10.4. The van der Waals surface area contributed by atoms with Gasteiger partial charge in [0.05, 0.1) is 11.4 Å². The van der Waals surface area contributed by atoms with Crippen molar-refractivity contribution in [2.75, 3.05) is 5.73 Å². The Morgan fingerprint density at radius 2 is 1.46 bits per heavy atom. The lowest BCUT2D eigenvalue weighted by Crippen LogP contribution is -2.12. The van der Waals surface area contributed by atoms with E-state index in [1.165, 1.54) is 0 Å². The first kappa shape index (κ1) is 15.8. The number of aromatic nitrogens is 2. The van der Waals surface area contributed by atoms with Gasteiger partial charge in [0.15, 0.2) is 0 Å². The van der Waals surface area contributed by atoms with E-state index in [2.05, 4.69) is 4.98 Å². The highest BCUT2D eigenvalue weighted by Gasteiger charge is 2.20. The highest BCUT2D eigenvalue weighted by atomic mass is 16.2. The summed E-state index contributed by atoms with van der Waals surface area (Å²) in [6.45, 7) is 0. The first-order valence-electron chi connectivity index (χ1n) is 8.32. The van der Waals surface area contributed by atoms with E-state index >= 15 is 0 Å². The molecule has 0 atom stereocenters. The van der Waals surface area contributed by atoms with Gasteiger partial charge in [-0.3, -0.25) is 9.36 Å². The van der Waals surface area contributed by atoms with Gasteiger partial charge in [0.1, 0.15) is 6.33 Å². The Balaban J connectivity index is 1.91. The Hall–Kier alpha value is -3.66. The minimum absolute atomic E-state index is 0.161. The van der Waals surface area contributed by atoms with Crippen LogP contribution < -0.4 is 5.73 Å². The fourth-order valence-corrected chi connectivity index (χ4v) is 2.99. The number of anilines is 1. The summed E-state index contributed by atoms with van der Waals surface area (Å²) in [5, 5.41) is 0. The zero-order valence-electron chi connectivity index (χ0n) is 14.0. The van der Waals surface area contributed by atoms with Crippen molar-refractivity contribution in [1.29, 1.82) is 0 Å². The van der Waals surface area contributed by atoms with Crippen LogP contribution in [0.3, 0.4) is 0 Å². The van der Waals surface area contributed by atoms with Gasteiger partial charge in [-0.2, -0.15) is 0 Å². The van der Waals surface area contributed by atoms with E-state index < -0.39 is 0 Å². The van der Waals surface area contributed by atoms with Crippen LogP contribution in [0, 0.1) is 0 Å². The number of imidazole rings is 1. The molecule has 0 spiro atoms. The molecular formula is C22H17N3O. The fourth-order valence-electron chi connectivity index (χ4n) is 2.99. The lowest BCUT2D eigenvalue weighted by atomic mass is 10.0. The summed E-state index contributed by atoms with van der Waals surface area (Å²) in [6.07, 6.45) is 1.58. The van der Waals surface area contributed by atoms with Gasteiger partial charge in [-0.25, -0.2) is 4.98 Å². The highest BCUT2D eigenvalue weighted by molar-refractivity contribution is 6.00. The van der Waals surface area contributed by atoms with Crippen molar-refractivity contribution < 1.29 is 4.79 Å². The van der Waals surface area contributed by atoms with Crippen LogP contribution in [0.5, 0.6) is 0 Å². The molecule has 0 radical (unpaired) electrons. The topological polar surface area (TPSA) is 60.9 Å². The SMILES string of the molecule is Nc1cccc(C(=O)n2cnc(-c3ccccc3)c2-c2ccccc2)c1. The zero-order valence-corrected chi connectivity index (χ0v) is 14.0. The molecule has 0 amide bonds. The normalized spacial score (nSPS) is 10.6. The number of hydrogen-bond acceptors (Lipinski definition) is 3. The summed E-state index contributed by atoms with van der Waals surface area (Å²) >= 11 is 0. The Kier molecular flexibility index (Phi) is 4.07. The van der Waals surface area contributed by atoms with Crippen molar-refractivity contribution in [1.82, 2.24) is 9.55 Å². The molecule has 0 aliphatic carbocycles. The summed E-state index contributed by atoms with van der Waals surface area (Å²) in [6, 6.07) is 26.7. The molecular weight excluding hydrogens is 322 g/mol. The molecule has 2 N–H and O–H groups in total. The standard InChI is InChI=1S/C22H17N3O/c23-19-13-7-12-18(14-19)22(26)25-15-24-20(16-8-3-1-4-9-16)21(25)17-10-5-2-6-11-17/h1-15H,23H2. The number of benzene rings is 3. The second kappa shape index (κ2) is 6.69. The second-order valence-corrected chi connectivity index (χ2v) is 5.97. The van der Waals surface area contributed by atoms with Crippen molar-refractivity contribution >= 4 is 11.6 Å². The van der Waals surface area contributed by atoms with Gasteiger partial charge in [-0.05, 0) is 18.2 Å². The maximum Gasteiger partial charge on any atom is 0.263 e. The van der Waals surface area contributed by atoms with Crippen LogP contribution in [0.15, 0.2) is 91.3 Å². The molecule has 4 rings (SSSR count). The van der Waals surface area contributed by atoms with Crippen molar-refractivity contribution in [3.05, 3.63) is 96.8 Å². The Morgan fingerprint density at radius 3 is 2.12 bits per heavy atom. The minimum atomic E-state index is -0.161. The van der Waals surface area contributed by atoms with Gasteiger partial charge in [0.25, 0.3) is 5.91 Å². The third kappa shape index (κ3) is 2.89. The number of hydrogen-bond donors (Lipinski definition) is 1. The zero-order chi connectivity index (χ0) is 17.9. The Bertz CT molecular complexity index is 1050. The third-order valence-electron chi connectivity index (χ3n) is 4.21. The number of rotatable bonds is 3. The quantitative estimate of drug-likeness (QED) is 0.560. The van der Waals surface area contributed by atoms with Crippen LogP contribution in [0.25, 0.3) is 22.5 Å². The highest BCUT2D eigenvalue weighted by Crippen LogP contribution is 2.31. The van der Waals surface area contributed by atoms with Crippen LogP contribution in [0.1, 0.15) is 10.4 Å². The monoisotopic (exact) mass is 339 g/mol. The first-order chi connectivity index (χ1) is 12.7. The molecule has 3 aromatic carbocycles. The van der Waals surface area contributed by atoms with Crippen LogP contribution >= 0.6 is 0 Å². The van der Waals surface area contributed by atoms with Gasteiger partial charge in [-0.15, -0.1) is 0 Å². The van der Waals surface area contributed by atoms with Crippen LogP contribution in [-0.2, 0) is 0 Å². The van der Waals surface area contributed by atoms with Crippen molar-refractivity contribution in [3.63, 3.8) is 0 Å². The van der Waals surface area contributed by atoms with E-state index in [0.29, 0.717) is 11.3 Å². The lowest BCUT2D eigenvalue weighted by molar-refractivity contribution is 0.0961. The molecule has 26 heavy (non-hydrogen) atoms. The molecule has 126 valence electrons. The van der Waals surface area contributed by atoms with E-state index in [0.717, 1.165) is 22.5 Å². The average molecular weight is 339 g/mol. The van der Waals surface area contributed by atoms with Gasteiger partial charge < -0.3 is 5.73 Å². The molecule has 0 fully saturated rings. The molecule has 0 unspecified atom stereocenters. The predicted octanol–water partition coefficient (Wildman–Crippen LogP) is 4.49. The minimum Gasteiger partial charge on any atom is -0.399 e. The molecule has 0 aliphatic rings. The van der Waals surface area contributed by atoms with Crippen LogP contribution in [0.4, 0.5) is 5.69 Å². The van der Waals surface area contributed by atoms with Gasteiger partial charge in [0, 0.05) is 22.4 Å². The molecule has 0 bridgehead atoms. The predicted molar refractivity (Wildman–Crippen MR) is 104 cm³/mol. The Labute approximate surface area is 151 Å². The van der Waals surface area contributed by atoms with Gasteiger partial charge >= 0.3 is 0 Å². The summed E-state index contributed by atoms with van der Waals surface area (Å²) < 4.78 is 1.59. The van der Waals surface area contributed by atoms with Crippen molar-refractivity contribution in [2.45, 2.75) is 0 Å². The third-order valence-corrected chi connectivity index (χ3v) is 4.21. The average Bonchev–Trinajstić information content (AvgIpc) is 3.14. The second-order valence-electron chi connectivity index (χ2n) is 5.97. The molecule has 1 aromatic heterocycles. The maximum atomic E-state index is 13.1. The van der Waals surface area contributed by atoms with Gasteiger partial charge in [-0.1, -0.05) is 66.7 Å². The summed E-state index contributed by atoms with van der Waals surface area (Å²) in [4.78, 5) is 17.6. The van der Waals surface area contributed by atoms with E-state index in [9.17, 15) is 4.79 Å². The number of nitrogens with zero attached hydrogens (tertiary/aromatic N) is 2. The maximum absolute atomic E-state index is 13.1.